The summed E-state index contributed by atoms with van der Waals surface area (Å²) in [4.78, 5) is 0. The molecule has 2 atom stereocenters. The maximum absolute atomic E-state index is 10.2. The minimum absolute atomic E-state index is 0.000890. The number of hydrogen-bond acceptors (Lipinski definition) is 3. The Kier molecular flexibility index (Phi) is 3.40. The molecule has 104 valence electrons. The van der Waals surface area contributed by atoms with E-state index >= 15 is 0 Å². The molecule has 1 N–H and O–H groups in total. The van der Waals surface area contributed by atoms with Gasteiger partial charge >= 0.3 is 0 Å². The predicted molar refractivity (Wildman–Crippen MR) is 73.6 cm³/mol. The van der Waals surface area contributed by atoms with Crippen LogP contribution >= 0.6 is 0 Å². The van der Waals surface area contributed by atoms with Crippen LogP contribution in [-0.4, -0.2) is 24.4 Å². The fraction of sp³-hybridized carbons (Fsp3) is 0.625. The highest BCUT2D eigenvalue weighted by Crippen LogP contribution is 2.53. The zero-order valence-electron chi connectivity index (χ0n) is 11.5. The second-order valence-corrected chi connectivity index (χ2v) is 5.80. The number of ether oxygens (including phenoxy) is 2. The molecule has 0 aliphatic heterocycles. The summed E-state index contributed by atoms with van der Waals surface area (Å²) in [7, 11) is 1.66. The number of hydrogen-bond donors (Lipinski definition) is 1. The lowest BCUT2D eigenvalue weighted by Crippen LogP contribution is -2.60. The molecule has 0 heterocycles. The summed E-state index contributed by atoms with van der Waals surface area (Å²) in [6.45, 7) is 0. The first-order valence-electron chi connectivity index (χ1n) is 7.24. The summed E-state index contributed by atoms with van der Waals surface area (Å²) in [5.74, 6) is 1.57. The van der Waals surface area contributed by atoms with E-state index in [-0.39, 0.29) is 17.6 Å². The number of rotatable bonds is 3. The molecule has 0 saturated heterocycles. The molecule has 1 aromatic rings. The van der Waals surface area contributed by atoms with E-state index in [2.05, 4.69) is 0 Å². The van der Waals surface area contributed by atoms with E-state index in [1.54, 1.807) is 7.11 Å². The van der Waals surface area contributed by atoms with E-state index in [1.165, 1.54) is 19.3 Å². The highest BCUT2D eigenvalue weighted by molar-refractivity contribution is 5.39. The number of aliphatic hydroxyl groups is 1. The van der Waals surface area contributed by atoms with Gasteiger partial charge in [0.25, 0.3) is 0 Å². The van der Waals surface area contributed by atoms with Gasteiger partial charge in [0, 0.05) is 11.8 Å². The van der Waals surface area contributed by atoms with Crippen LogP contribution in [0, 0.1) is 5.41 Å². The van der Waals surface area contributed by atoms with Crippen molar-refractivity contribution in [1.29, 1.82) is 0 Å². The molecule has 0 amide bonds. The van der Waals surface area contributed by atoms with Crippen molar-refractivity contribution in [2.45, 2.75) is 50.7 Å². The molecule has 0 radical (unpaired) electrons. The smallest absolute Gasteiger partial charge is 0.161 e. The first-order chi connectivity index (χ1) is 9.26. The summed E-state index contributed by atoms with van der Waals surface area (Å²) in [5, 5.41) is 10.2. The van der Waals surface area contributed by atoms with Crippen molar-refractivity contribution in [2.75, 3.05) is 7.11 Å². The Hall–Kier alpha value is -1.22. The standard InChI is InChI=1S/C16H22O3/c1-18-12-7-3-4-8-13(12)19-15-11-14(17)16(15)9-5-2-6-10-16/h3-4,7-8,14-15,17H,2,5-6,9-11H2,1H3. The van der Waals surface area contributed by atoms with Crippen molar-refractivity contribution in [3.8, 4) is 11.5 Å². The van der Waals surface area contributed by atoms with E-state index in [0.29, 0.717) is 0 Å². The average Bonchev–Trinajstić information content (AvgIpc) is 2.48. The Bertz CT molecular complexity index is 437. The zero-order valence-corrected chi connectivity index (χ0v) is 11.5. The van der Waals surface area contributed by atoms with Crippen molar-refractivity contribution < 1.29 is 14.6 Å². The predicted octanol–water partition coefficient (Wildman–Crippen LogP) is 3.16. The molecular formula is C16H22O3. The van der Waals surface area contributed by atoms with Crippen molar-refractivity contribution in [1.82, 2.24) is 0 Å². The highest BCUT2D eigenvalue weighted by Gasteiger charge is 2.56. The molecule has 19 heavy (non-hydrogen) atoms. The SMILES string of the molecule is COc1ccccc1OC1CC(O)C12CCCCC2. The third-order valence-electron chi connectivity index (χ3n) is 4.86. The molecule has 2 fully saturated rings. The molecule has 3 nitrogen and oxygen atoms in total. The molecule has 3 rings (SSSR count). The lowest BCUT2D eigenvalue weighted by Gasteiger charge is -2.55. The average molecular weight is 262 g/mol. The van der Waals surface area contributed by atoms with Gasteiger partial charge < -0.3 is 14.6 Å². The van der Waals surface area contributed by atoms with Gasteiger partial charge in [-0.2, -0.15) is 0 Å². The molecule has 3 heteroatoms. The Morgan fingerprint density at radius 2 is 1.79 bits per heavy atom. The maximum Gasteiger partial charge on any atom is 0.161 e. The number of methoxy groups -OCH3 is 1. The van der Waals surface area contributed by atoms with Gasteiger partial charge in [-0.3, -0.25) is 0 Å². The monoisotopic (exact) mass is 262 g/mol. The van der Waals surface area contributed by atoms with Crippen LogP contribution in [0.1, 0.15) is 38.5 Å². The third kappa shape index (κ3) is 2.10. The summed E-state index contributed by atoms with van der Waals surface area (Å²) in [6, 6.07) is 7.76. The van der Waals surface area contributed by atoms with Gasteiger partial charge in [-0.1, -0.05) is 31.4 Å². The minimum Gasteiger partial charge on any atom is -0.493 e. The van der Waals surface area contributed by atoms with Crippen LogP contribution in [0.3, 0.4) is 0 Å². The van der Waals surface area contributed by atoms with E-state index in [4.69, 9.17) is 9.47 Å². The Labute approximate surface area is 114 Å². The summed E-state index contributed by atoms with van der Waals surface area (Å²) >= 11 is 0. The summed E-state index contributed by atoms with van der Waals surface area (Å²) < 4.78 is 11.5. The number of para-hydroxylation sites is 2. The van der Waals surface area contributed by atoms with Crippen LogP contribution in [0.5, 0.6) is 11.5 Å². The van der Waals surface area contributed by atoms with E-state index < -0.39 is 0 Å². The molecule has 2 saturated carbocycles. The first-order valence-corrected chi connectivity index (χ1v) is 7.24. The van der Waals surface area contributed by atoms with Crippen LogP contribution in [0.15, 0.2) is 24.3 Å². The van der Waals surface area contributed by atoms with Crippen LogP contribution in [0.2, 0.25) is 0 Å². The van der Waals surface area contributed by atoms with Crippen molar-refractivity contribution in [2.24, 2.45) is 5.41 Å². The molecular weight excluding hydrogens is 240 g/mol. The van der Waals surface area contributed by atoms with Crippen LogP contribution in [0.25, 0.3) is 0 Å². The van der Waals surface area contributed by atoms with Gasteiger partial charge in [-0.25, -0.2) is 0 Å². The van der Waals surface area contributed by atoms with E-state index in [1.807, 2.05) is 24.3 Å². The second kappa shape index (κ2) is 5.04. The quantitative estimate of drug-likeness (QED) is 0.909. The molecule has 1 spiro atoms. The zero-order chi connectivity index (χ0) is 13.3. The molecule has 2 aliphatic rings. The van der Waals surface area contributed by atoms with E-state index in [0.717, 1.165) is 30.8 Å². The van der Waals surface area contributed by atoms with Gasteiger partial charge in [0.05, 0.1) is 13.2 Å². The normalized spacial score (nSPS) is 28.7. The molecule has 1 aromatic carbocycles. The molecule has 2 unspecified atom stereocenters. The highest BCUT2D eigenvalue weighted by atomic mass is 16.5. The van der Waals surface area contributed by atoms with Gasteiger partial charge in [0.1, 0.15) is 6.10 Å². The Morgan fingerprint density at radius 3 is 2.42 bits per heavy atom. The number of benzene rings is 1. The summed E-state index contributed by atoms with van der Waals surface area (Å²) in [6.07, 6.45) is 6.59. The van der Waals surface area contributed by atoms with Crippen LogP contribution < -0.4 is 9.47 Å². The van der Waals surface area contributed by atoms with E-state index in [9.17, 15) is 5.11 Å². The topological polar surface area (TPSA) is 38.7 Å². The lowest BCUT2D eigenvalue weighted by atomic mass is 9.56. The second-order valence-electron chi connectivity index (χ2n) is 5.80. The molecule has 0 bridgehead atoms. The van der Waals surface area contributed by atoms with Crippen LogP contribution in [-0.2, 0) is 0 Å². The van der Waals surface area contributed by atoms with Gasteiger partial charge in [0.15, 0.2) is 11.5 Å². The maximum atomic E-state index is 10.2. The largest absolute Gasteiger partial charge is 0.493 e. The molecule has 0 aromatic heterocycles. The fourth-order valence-electron chi connectivity index (χ4n) is 3.63. The van der Waals surface area contributed by atoms with Crippen LogP contribution in [0.4, 0.5) is 0 Å². The lowest BCUT2D eigenvalue weighted by molar-refractivity contribution is -0.172. The summed E-state index contributed by atoms with van der Waals surface area (Å²) in [5.41, 5.74) is -0.000890. The van der Waals surface area contributed by atoms with Gasteiger partial charge in [-0.15, -0.1) is 0 Å². The first kappa shape index (κ1) is 12.8. The number of aliphatic hydroxyl groups excluding tert-OH is 1. The Balaban J connectivity index is 1.76. The fourth-order valence-corrected chi connectivity index (χ4v) is 3.63. The van der Waals surface area contributed by atoms with Crippen molar-refractivity contribution in [3.63, 3.8) is 0 Å². The minimum atomic E-state index is -0.187. The van der Waals surface area contributed by atoms with Crippen molar-refractivity contribution in [3.05, 3.63) is 24.3 Å². The van der Waals surface area contributed by atoms with Crippen molar-refractivity contribution >= 4 is 0 Å². The Morgan fingerprint density at radius 1 is 1.11 bits per heavy atom. The third-order valence-corrected chi connectivity index (χ3v) is 4.86. The van der Waals surface area contributed by atoms with Gasteiger partial charge in [-0.05, 0) is 25.0 Å². The molecule has 2 aliphatic carbocycles. The van der Waals surface area contributed by atoms with Gasteiger partial charge in [0.2, 0.25) is 0 Å².